The van der Waals surface area contributed by atoms with Crippen LogP contribution in [0, 0.1) is 5.82 Å². The molecule has 4 heteroatoms. The van der Waals surface area contributed by atoms with E-state index in [4.69, 9.17) is 10.5 Å². The summed E-state index contributed by atoms with van der Waals surface area (Å²) in [4.78, 5) is 0.643. The van der Waals surface area contributed by atoms with Crippen molar-refractivity contribution >= 4 is 11.8 Å². The molecule has 0 heterocycles. The second kappa shape index (κ2) is 6.10. The van der Waals surface area contributed by atoms with Crippen LogP contribution in [-0.4, -0.2) is 19.5 Å². The fourth-order valence-electron chi connectivity index (χ4n) is 1.26. The van der Waals surface area contributed by atoms with E-state index in [0.29, 0.717) is 11.5 Å². The van der Waals surface area contributed by atoms with E-state index in [2.05, 4.69) is 0 Å². The van der Waals surface area contributed by atoms with Gasteiger partial charge in [0.1, 0.15) is 5.82 Å². The predicted molar refractivity (Wildman–Crippen MR) is 61.6 cm³/mol. The highest BCUT2D eigenvalue weighted by molar-refractivity contribution is 7.99. The second-order valence-electron chi connectivity index (χ2n) is 3.29. The Morgan fingerprint density at radius 3 is 2.87 bits per heavy atom. The lowest BCUT2D eigenvalue weighted by molar-refractivity contribution is 0.218. The normalized spacial score (nSPS) is 12.8. The largest absolute Gasteiger partial charge is 0.384 e. The minimum Gasteiger partial charge on any atom is -0.384 e. The Morgan fingerprint density at radius 2 is 2.27 bits per heavy atom. The first-order valence-corrected chi connectivity index (χ1v) is 5.81. The molecule has 0 unspecified atom stereocenters. The van der Waals surface area contributed by atoms with Gasteiger partial charge in [-0.05, 0) is 18.6 Å². The molecule has 0 bridgehead atoms. The van der Waals surface area contributed by atoms with Gasteiger partial charge in [0.2, 0.25) is 0 Å². The van der Waals surface area contributed by atoms with Crippen LogP contribution in [0.25, 0.3) is 0 Å². The number of halogens is 1. The maximum Gasteiger partial charge on any atom is 0.137 e. The van der Waals surface area contributed by atoms with E-state index in [1.807, 2.05) is 13.0 Å². The van der Waals surface area contributed by atoms with E-state index < -0.39 is 0 Å². The van der Waals surface area contributed by atoms with Crippen LogP contribution in [0.3, 0.4) is 0 Å². The van der Waals surface area contributed by atoms with Crippen molar-refractivity contribution in [1.29, 1.82) is 0 Å². The van der Waals surface area contributed by atoms with Crippen molar-refractivity contribution in [3.63, 3.8) is 0 Å². The zero-order valence-electron chi connectivity index (χ0n) is 9.00. The fourth-order valence-corrected chi connectivity index (χ4v) is 2.34. The molecule has 2 nitrogen and oxygen atoms in total. The van der Waals surface area contributed by atoms with Crippen molar-refractivity contribution in [3.8, 4) is 0 Å². The Labute approximate surface area is 94.0 Å². The molecule has 1 rings (SSSR count). The van der Waals surface area contributed by atoms with Gasteiger partial charge < -0.3 is 10.5 Å². The average Bonchev–Trinajstić information content (AvgIpc) is 2.20. The van der Waals surface area contributed by atoms with Gasteiger partial charge in [0.05, 0.1) is 6.61 Å². The Hall–Kier alpha value is -0.580. The van der Waals surface area contributed by atoms with E-state index in [1.165, 1.54) is 17.8 Å². The molecule has 0 saturated heterocycles. The molecule has 84 valence electrons. The minimum atomic E-state index is -0.203. The van der Waals surface area contributed by atoms with Crippen LogP contribution >= 0.6 is 11.8 Å². The van der Waals surface area contributed by atoms with Crippen LogP contribution in [-0.2, 0) is 4.74 Å². The summed E-state index contributed by atoms with van der Waals surface area (Å²) in [5.74, 6) is 0.530. The highest BCUT2D eigenvalue weighted by atomic mass is 32.2. The summed E-state index contributed by atoms with van der Waals surface area (Å²) < 4.78 is 18.4. The molecule has 1 aromatic carbocycles. The lowest BCUT2D eigenvalue weighted by atomic mass is 10.1. The molecular weight excluding hydrogens is 213 g/mol. The van der Waals surface area contributed by atoms with Crippen molar-refractivity contribution < 1.29 is 9.13 Å². The first-order valence-electron chi connectivity index (χ1n) is 4.82. The molecule has 15 heavy (non-hydrogen) atoms. The summed E-state index contributed by atoms with van der Waals surface area (Å²) in [5.41, 5.74) is 6.63. The van der Waals surface area contributed by atoms with Crippen molar-refractivity contribution in [2.24, 2.45) is 5.73 Å². The summed E-state index contributed by atoms with van der Waals surface area (Å²) in [7, 11) is 1.63. The van der Waals surface area contributed by atoms with Crippen LogP contribution in [0.4, 0.5) is 4.39 Å². The van der Waals surface area contributed by atoms with Gasteiger partial charge in [0.25, 0.3) is 0 Å². The smallest absolute Gasteiger partial charge is 0.137 e. The molecule has 1 atom stereocenters. The molecule has 0 saturated carbocycles. The Morgan fingerprint density at radius 1 is 1.53 bits per heavy atom. The first kappa shape index (κ1) is 12.5. The van der Waals surface area contributed by atoms with Crippen LogP contribution < -0.4 is 5.73 Å². The second-order valence-corrected chi connectivity index (χ2v) is 4.39. The van der Waals surface area contributed by atoms with Gasteiger partial charge in [-0.3, -0.25) is 0 Å². The summed E-state index contributed by atoms with van der Waals surface area (Å²) in [5, 5.41) is 0. The Balaban J connectivity index is 2.82. The topological polar surface area (TPSA) is 35.2 Å². The van der Waals surface area contributed by atoms with Crippen molar-refractivity contribution in [1.82, 2.24) is 0 Å². The maximum absolute atomic E-state index is 13.5. The number of methoxy groups -OCH3 is 1. The van der Waals surface area contributed by atoms with E-state index in [9.17, 15) is 4.39 Å². The van der Waals surface area contributed by atoms with Gasteiger partial charge in [0, 0.05) is 23.8 Å². The van der Waals surface area contributed by atoms with Crippen LogP contribution in [0.1, 0.15) is 18.5 Å². The zero-order valence-corrected chi connectivity index (χ0v) is 9.81. The zero-order chi connectivity index (χ0) is 11.3. The standard InChI is InChI=1S/C11H16FNOS/c1-8(13)9-4-3-5-10(12)11(9)15-7-6-14-2/h3-5,8H,6-7,13H2,1-2H3/t8-/m0/s1. The third-order valence-electron chi connectivity index (χ3n) is 2.02. The number of hydrogen-bond acceptors (Lipinski definition) is 3. The molecule has 0 fully saturated rings. The van der Waals surface area contributed by atoms with Crippen molar-refractivity contribution in [2.45, 2.75) is 17.9 Å². The highest BCUT2D eigenvalue weighted by Crippen LogP contribution is 2.29. The number of nitrogens with two attached hydrogens (primary N) is 1. The van der Waals surface area contributed by atoms with E-state index in [-0.39, 0.29) is 11.9 Å². The molecule has 0 aliphatic rings. The Bertz CT molecular complexity index is 317. The molecule has 0 spiro atoms. The van der Waals surface area contributed by atoms with Crippen molar-refractivity contribution in [3.05, 3.63) is 29.6 Å². The maximum atomic E-state index is 13.5. The number of hydrogen-bond donors (Lipinski definition) is 1. The lowest BCUT2D eigenvalue weighted by Gasteiger charge is -2.12. The SMILES string of the molecule is COCCSc1c(F)cccc1[C@H](C)N. The van der Waals surface area contributed by atoms with E-state index >= 15 is 0 Å². The number of benzene rings is 1. The van der Waals surface area contributed by atoms with E-state index in [0.717, 1.165) is 11.3 Å². The molecule has 0 aromatic heterocycles. The molecule has 0 radical (unpaired) electrons. The van der Waals surface area contributed by atoms with Gasteiger partial charge in [-0.2, -0.15) is 0 Å². The lowest BCUT2D eigenvalue weighted by Crippen LogP contribution is -2.07. The number of ether oxygens (including phenoxy) is 1. The van der Waals surface area contributed by atoms with Gasteiger partial charge in [-0.25, -0.2) is 4.39 Å². The van der Waals surface area contributed by atoms with E-state index in [1.54, 1.807) is 13.2 Å². The van der Waals surface area contributed by atoms with Crippen LogP contribution in [0.15, 0.2) is 23.1 Å². The summed E-state index contributed by atoms with van der Waals surface area (Å²) >= 11 is 1.45. The monoisotopic (exact) mass is 229 g/mol. The predicted octanol–water partition coefficient (Wildman–Crippen LogP) is 2.58. The fraction of sp³-hybridized carbons (Fsp3) is 0.455. The quantitative estimate of drug-likeness (QED) is 0.622. The van der Waals surface area contributed by atoms with Gasteiger partial charge in [-0.15, -0.1) is 11.8 Å². The number of thioether (sulfide) groups is 1. The molecular formula is C11H16FNOS. The molecule has 1 aromatic rings. The highest BCUT2D eigenvalue weighted by Gasteiger charge is 2.11. The summed E-state index contributed by atoms with van der Waals surface area (Å²) in [6.07, 6.45) is 0. The molecule has 2 N–H and O–H groups in total. The third kappa shape index (κ3) is 3.48. The summed E-state index contributed by atoms with van der Waals surface area (Å²) in [6, 6.07) is 4.86. The van der Waals surface area contributed by atoms with Crippen LogP contribution in [0.2, 0.25) is 0 Å². The van der Waals surface area contributed by atoms with Gasteiger partial charge in [0.15, 0.2) is 0 Å². The third-order valence-corrected chi connectivity index (χ3v) is 3.11. The number of rotatable bonds is 5. The van der Waals surface area contributed by atoms with Crippen molar-refractivity contribution in [2.75, 3.05) is 19.5 Å². The molecule has 0 aliphatic carbocycles. The molecule has 0 amide bonds. The minimum absolute atomic E-state index is 0.147. The first-order chi connectivity index (χ1) is 7.16. The van der Waals surface area contributed by atoms with Crippen LogP contribution in [0.5, 0.6) is 0 Å². The van der Waals surface area contributed by atoms with Gasteiger partial charge in [-0.1, -0.05) is 12.1 Å². The Kier molecular flexibility index (Phi) is 5.08. The molecule has 0 aliphatic heterocycles. The van der Waals surface area contributed by atoms with Gasteiger partial charge >= 0.3 is 0 Å². The average molecular weight is 229 g/mol. The summed E-state index contributed by atoms with van der Waals surface area (Å²) in [6.45, 7) is 2.46.